The third-order valence-corrected chi connectivity index (χ3v) is 4.00. The van der Waals surface area contributed by atoms with Crippen LogP contribution >= 0.6 is 0 Å². The molecule has 1 rings (SSSR count). The van der Waals surface area contributed by atoms with Crippen LogP contribution in [0.5, 0.6) is 0 Å². The topological polar surface area (TPSA) is 40.5 Å². The van der Waals surface area contributed by atoms with Crippen molar-refractivity contribution < 1.29 is 9.90 Å². The molecule has 0 bridgehead atoms. The zero-order valence-electron chi connectivity index (χ0n) is 11.4. The van der Waals surface area contributed by atoms with Gasteiger partial charge in [-0.3, -0.25) is 9.69 Å². The molecular weight excluding hydrogens is 214 g/mol. The summed E-state index contributed by atoms with van der Waals surface area (Å²) in [4.78, 5) is 13.9. The Labute approximate surface area is 105 Å². The highest BCUT2D eigenvalue weighted by Crippen LogP contribution is 2.36. The molecule has 0 aliphatic heterocycles. The average molecular weight is 241 g/mol. The van der Waals surface area contributed by atoms with Gasteiger partial charge in [0.1, 0.15) is 5.54 Å². The molecule has 1 N–H and O–H groups in total. The molecular formula is C14H27NO2. The lowest BCUT2D eigenvalue weighted by Gasteiger charge is -2.38. The summed E-state index contributed by atoms with van der Waals surface area (Å²) in [5.41, 5.74) is -0.537. The molecule has 1 saturated carbocycles. The van der Waals surface area contributed by atoms with Crippen molar-refractivity contribution in [2.45, 2.75) is 70.8 Å². The largest absolute Gasteiger partial charge is 0.480 e. The predicted octanol–water partition coefficient (Wildman–Crippen LogP) is 3.29. The molecule has 1 aliphatic rings. The Bertz CT molecular complexity index is 226. The molecule has 0 amide bonds. The number of hydrogen-bond acceptors (Lipinski definition) is 2. The zero-order valence-corrected chi connectivity index (χ0v) is 11.4. The van der Waals surface area contributed by atoms with E-state index in [0.29, 0.717) is 0 Å². The van der Waals surface area contributed by atoms with Crippen LogP contribution in [0.25, 0.3) is 0 Å². The normalized spacial score (nSPS) is 18.8. The lowest BCUT2D eigenvalue weighted by Crippen LogP contribution is -2.53. The van der Waals surface area contributed by atoms with Gasteiger partial charge in [-0.1, -0.05) is 39.5 Å². The highest BCUT2D eigenvalue weighted by molar-refractivity contribution is 5.79. The maximum absolute atomic E-state index is 11.6. The standard InChI is InChI=1S/C14H27NO2/c1-3-5-11-15(12-6-4-2)14(13(16)17)9-7-8-10-14/h3-12H2,1-2H3,(H,16,17). The van der Waals surface area contributed by atoms with E-state index in [0.717, 1.165) is 64.5 Å². The van der Waals surface area contributed by atoms with E-state index in [9.17, 15) is 9.90 Å². The van der Waals surface area contributed by atoms with Gasteiger partial charge in [-0.05, 0) is 38.8 Å². The summed E-state index contributed by atoms with van der Waals surface area (Å²) in [6, 6.07) is 0. The van der Waals surface area contributed by atoms with Crippen LogP contribution in [0.1, 0.15) is 65.2 Å². The number of aliphatic carboxylic acids is 1. The molecule has 0 heterocycles. The van der Waals surface area contributed by atoms with Gasteiger partial charge >= 0.3 is 5.97 Å². The van der Waals surface area contributed by atoms with E-state index in [-0.39, 0.29) is 0 Å². The minimum Gasteiger partial charge on any atom is -0.480 e. The van der Waals surface area contributed by atoms with Crippen molar-refractivity contribution in [3.8, 4) is 0 Å². The van der Waals surface area contributed by atoms with Gasteiger partial charge in [-0.15, -0.1) is 0 Å². The predicted molar refractivity (Wildman–Crippen MR) is 70.2 cm³/mol. The van der Waals surface area contributed by atoms with Crippen molar-refractivity contribution in [3.63, 3.8) is 0 Å². The van der Waals surface area contributed by atoms with Crippen molar-refractivity contribution in [2.24, 2.45) is 0 Å². The molecule has 1 aliphatic carbocycles. The molecule has 1 fully saturated rings. The molecule has 0 radical (unpaired) electrons. The summed E-state index contributed by atoms with van der Waals surface area (Å²) in [6.07, 6.45) is 8.32. The number of carbonyl (C=O) groups is 1. The number of hydrogen-bond donors (Lipinski definition) is 1. The van der Waals surface area contributed by atoms with Crippen molar-refractivity contribution in [1.82, 2.24) is 4.90 Å². The number of carboxylic acid groups (broad SMARTS) is 1. The summed E-state index contributed by atoms with van der Waals surface area (Å²) >= 11 is 0. The van der Waals surface area contributed by atoms with Crippen molar-refractivity contribution in [3.05, 3.63) is 0 Å². The highest BCUT2D eigenvalue weighted by Gasteiger charge is 2.45. The van der Waals surface area contributed by atoms with Gasteiger partial charge in [0.25, 0.3) is 0 Å². The fourth-order valence-corrected chi connectivity index (χ4v) is 2.86. The van der Waals surface area contributed by atoms with E-state index >= 15 is 0 Å². The Balaban J connectivity index is 2.72. The first-order valence-electron chi connectivity index (χ1n) is 7.16. The maximum Gasteiger partial charge on any atom is 0.324 e. The lowest BCUT2D eigenvalue weighted by atomic mass is 9.94. The Morgan fingerprint density at radius 3 is 1.94 bits per heavy atom. The molecule has 0 saturated heterocycles. The van der Waals surface area contributed by atoms with Crippen molar-refractivity contribution in [2.75, 3.05) is 13.1 Å². The molecule has 0 aromatic carbocycles. The third-order valence-electron chi connectivity index (χ3n) is 4.00. The molecule has 0 unspecified atom stereocenters. The number of unbranched alkanes of at least 4 members (excludes halogenated alkanes) is 2. The van der Waals surface area contributed by atoms with Gasteiger partial charge in [0, 0.05) is 0 Å². The lowest BCUT2D eigenvalue weighted by molar-refractivity contribution is -0.151. The Hall–Kier alpha value is -0.570. The molecule has 0 spiro atoms. The van der Waals surface area contributed by atoms with Crippen LogP contribution in [0, 0.1) is 0 Å². The van der Waals surface area contributed by atoms with Gasteiger partial charge in [-0.25, -0.2) is 0 Å². The van der Waals surface area contributed by atoms with Crippen LogP contribution < -0.4 is 0 Å². The van der Waals surface area contributed by atoms with Gasteiger partial charge in [0.2, 0.25) is 0 Å². The molecule has 0 aromatic heterocycles. The molecule has 3 heteroatoms. The van der Waals surface area contributed by atoms with E-state index < -0.39 is 11.5 Å². The quantitative estimate of drug-likeness (QED) is 0.709. The molecule has 0 atom stereocenters. The van der Waals surface area contributed by atoms with Crippen LogP contribution in [-0.2, 0) is 4.79 Å². The minimum absolute atomic E-state index is 0.537. The average Bonchev–Trinajstić information content (AvgIpc) is 2.79. The number of carboxylic acids is 1. The summed E-state index contributed by atoms with van der Waals surface area (Å²) < 4.78 is 0. The van der Waals surface area contributed by atoms with Crippen LogP contribution in [0.4, 0.5) is 0 Å². The molecule has 100 valence electrons. The summed E-state index contributed by atoms with van der Waals surface area (Å²) in [5.74, 6) is -0.595. The second-order valence-corrected chi connectivity index (χ2v) is 5.24. The fraction of sp³-hybridized carbons (Fsp3) is 0.929. The van der Waals surface area contributed by atoms with Gasteiger partial charge in [0.15, 0.2) is 0 Å². The summed E-state index contributed by atoms with van der Waals surface area (Å²) in [5, 5.41) is 9.59. The first kappa shape index (κ1) is 14.5. The fourth-order valence-electron chi connectivity index (χ4n) is 2.86. The number of rotatable bonds is 8. The number of nitrogens with zero attached hydrogens (tertiary/aromatic N) is 1. The zero-order chi connectivity index (χ0) is 12.7. The monoisotopic (exact) mass is 241 g/mol. The van der Waals surface area contributed by atoms with Crippen LogP contribution in [0.2, 0.25) is 0 Å². The first-order chi connectivity index (χ1) is 8.17. The molecule has 0 aromatic rings. The van der Waals surface area contributed by atoms with Crippen LogP contribution in [0.3, 0.4) is 0 Å². The first-order valence-corrected chi connectivity index (χ1v) is 7.16. The summed E-state index contributed by atoms with van der Waals surface area (Å²) in [7, 11) is 0. The van der Waals surface area contributed by atoms with Crippen LogP contribution in [-0.4, -0.2) is 34.6 Å². The summed E-state index contributed by atoms with van der Waals surface area (Å²) in [6.45, 7) is 6.23. The Kier molecular flexibility index (Phi) is 5.96. The third kappa shape index (κ3) is 3.44. The van der Waals surface area contributed by atoms with Crippen molar-refractivity contribution >= 4 is 5.97 Å². The maximum atomic E-state index is 11.6. The van der Waals surface area contributed by atoms with E-state index in [1.165, 1.54) is 0 Å². The smallest absolute Gasteiger partial charge is 0.324 e. The van der Waals surface area contributed by atoms with Gasteiger partial charge < -0.3 is 5.11 Å². The molecule has 3 nitrogen and oxygen atoms in total. The van der Waals surface area contributed by atoms with E-state index in [4.69, 9.17) is 0 Å². The van der Waals surface area contributed by atoms with E-state index in [2.05, 4.69) is 18.7 Å². The van der Waals surface area contributed by atoms with E-state index in [1.54, 1.807) is 0 Å². The minimum atomic E-state index is -0.595. The Morgan fingerprint density at radius 2 is 1.59 bits per heavy atom. The Morgan fingerprint density at radius 1 is 1.12 bits per heavy atom. The highest BCUT2D eigenvalue weighted by atomic mass is 16.4. The van der Waals surface area contributed by atoms with E-state index in [1.807, 2.05) is 0 Å². The second kappa shape index (κ2) is 7.00. The second-order valence-electron chi connectivity index (χ2n) is 5.24. The molecule has 17 heavy (non-hydrogen) atoms. The van der Waals surface area contributed by atoms with Crippen LogP contribution in [0.15, 0.2) is 0 Å². The van der Waals surface area contributed by atoms with Gasteiger partial charge in [-0.2, -0.15) is 0 Å². The van der Waals surface area contributed by atoms with Crippen molar-refractivity contribution in [1.29, 1.82) is 0 Å². The SMILES string of the molecule is CCCCN(CCCC)C1(C(=O)O)CCCC1. The van der Waals surface area contributed by atoms with Gasteiger partial charge in [0.05, 0.1) is 0 Å².